The molecule has 2 heterocycles. The van der Waals surface area contributed by atoms with Gasteiger partial charge < -0.3 is 13.9 Å². The first kappa shape index (κ1) is 19.0. The number of hydrogen-bond acceptors (Lipinski definition) is 7. The molecule has 0 aliphatic heterocycles. The third-order valence-electron chi connectivity index (χ3n) is 4.77. The summed E-state index contributed by atoms with van der Waals surface area (Å²) in [6, 6.07) is 21.1. The van der Waals surface area contributed by atoms with Crippen molar-refractivity contribution < 1.29 is 18.7 Å². The van der Waals surface area contributed by atoms with Crippen LogP contribution in [0.25, 0.3) is 31.8 Å². The average Bonchev–Trinajstić information content (AvgIpc) is 3.22. The van der Waals surface area contributed by atoms with Gasteiger partial charge in [0.2, 0.25) is 0 Å². The van der Waals surface area contributed by atoms with Crippen molar-refractivity contribution in [3.05, 3.63) is 88.8 Å². The standard InChI is InChI=1S/C24H15NO5S/c1-28-19-8-4-2-6-16(19)23(26)29-15-11-10-14-12-17(24(27)30-20(14)13-15)22-25-18-7-3-5-9-21(18)31-22/h2-13H,1H3. The van der Waals surface area contributed by atoms with Crippen molar-refractivity contribution in [2.45, 2.75) is 0 Å². The van der Waals surface area contributed by atoms with Crippen molar-refractivity contribution in [2.75, 3.05) is 7.11 Å². The van der Waals surface area contributed by atoms with Gasteiger partial charge in [-0.15, -0.1) is 11.3 Å². The maximum absolute atomic E-state index is 12.6. The van der Waals surface area contributed by atoms with Crippen molar-refractivity contribution in [2.24, 2.45) is 0 Å². The monoisotopic (exact) mass is 429 g/mol. The number of esters is 1. The summed E-state index contributed by atoms with van der Waals surface area (Å²) >= 11 is 1.43. The van der Waals surface area contributed by atoms with Crippen LogP contribution in [0, 0.1) is 0 Å². The predicted molar refractivity (Wildman–Crippen MR) is 119 cm³/mol. The predicted octanol–water partition coefficient (Wildman–Crippen LogP) is 5.30. The van der Waals surface area contributed by atoms with Gasteiger partial charge in [0.05, 0.1) is 22.9 Å². The smallest absolute Gasteiger partial charge is 0.347 e. The van der Waals surface area contributed by atoms with E-state index in [0.29, 0.717) is 32.9 Å². The Labute approximate surface area is 180 Å². The summed E-state index contributed by atoms with van der Waals surface area (Å²) in [5.74, 6) is 0.116. The van der Waals surface area contributed by atoms with E-state index in [1.54, 1.807) is 42.5 Å². The highest BCUT2D eigenvalue weighted by molar-refractivity contribution is 7.21. The number of benzene rings is 3. The zero-order chi connectivity index (χ0) is 21.4. The molecule has 3 aromatic carbocycles. The molecule has 0 unspecified atom stereocenters. The van der Waals surface area contributed by atoms with Crippen LogP contribution in [0.15, 0.2) is 82.0 Å². The van der Waals surface area contributed by atoms with E-state index >= 15 is 0 Å². The molecule has 152 valence electrons. The number of aromatic nitrogens is 1. The number of para-hydroxylation sites is 2. The maximum Gasteiger partial charge on any atom is 0.347 e. The number of ether oxygens (including phenoxy) is 2. The van der Waals surface area contributed by atoms with Gasteiger partial charge in [0.25, 0.3) is 0 Å². The molecule has 0 atom stereocenters. The van der Waals surface area contributed by atoms with Crippen LogP contribution in [0.4, 0.5) is 0 Å². The second-order valence-corrected chi connectivity index (χ2v) is 7.75. The molecule has 0 spiro atoms. The molecule has 5 aromatic rings. The van der Waals surface area contributed by atoms with Gasteiger partial charge in [-0.05, 0) is 42.5 Å². The van der Waals surface area contributed by atoms with Crippen LogP contribution in [-0.2, 0) is 0 Å². The number of carbonyl (C=O) groups excluding carboxylic acids is 1. The summed E-state index contributed by atoms with van der Waals surface area (Å²) in [7, 11) is 1.49. The molecule has 0 aliphatic carbocycles. The van der Waals surface area contributed by atoms with Gasteiger partial charge in [-0.1, -0.05) is 24.3 Å². The lowest BCUT2D eigenvalue weighted by Crippen LogP contribution is -2.10. The molecular formula is C24H15NO5S. The highest BCUT2D eigenvalue weighted by atomic mass is 32.1. The van der Waals surface area contributed by atoms with Crippen molar-refractivity contribution in [1.29, 1.82) is 0 Å². The Bertz CT molecular complexity index is 1470. The van der Waals surface area contributed by atoms with Gasteiger partial charge in [0.15, 0.2) is 0 Å². The largest absolute Gasteiger partial charge is 0.496 e. The third-order valence-corrected chi connectivity index (χ3v) is 5.84. The van der Waals surface area contributed by atoms with E-state index in [2.05, 4.69) is 4.98 Å². The van der Waals surface area contributed by atoms with E-state index < -0.39 is 11.6 Å². The van der Waals surface area contributed by atoms with E-state index in [9.17, 15) is 9.59 Å². The fourth-order valence-corrected chi connectivity index (χ4v) is 4.24. The van der Waals surface area contributed by atoms with Crippen molar-refractivity contribution in [1.82, 2.24) is 4.98 Å². The molecule has 0 bridgehead atoms. The first-order chi connectivity index (χ1) is 15.1. The number of nitrogens with zero attached hydrogens (tertiary/aromatic N) is 1. The zero-order valence-electron chi connectivity index (χ0n) is 16.3. The number of hydrogen-bond donors (Lipinski definition) is 0. The normalized spacial score (nSPS) is 11.0. The molecule has 2 aromatic heterocycles. The van der Waals surface area contributed by atoms with Gasteiger partial charge in [-0.3, -0.25) is 0 Å². The van der Waals surface area contributed by atoms with Gasteiger partial charge in [0, 0.05) is 11.5 Å². The fraction of sp³-hybridized carbons (Fsp3) is 0.0417. The van der Waals surface area contributed by atoms with Crippen molar-refractivity contribution >= 4 is 38.5 Å². The summed E-state index contributed by atoms with van der Waals surface area (Å²) in [6.07, 6.45) is 0. The Kier molecular flexibility index (Phi) is 4.72. The number of carbonyl (C=O) groups is 1. The summed E-state index contributed by atoms with van der Waals surface area (Å²) in [6.45, 7) is 0. The highest BCUT2D eigenvalue weighted by Crippen LogP contribution is 2.31. The van der Waals surface area contributed by atoms with Gasteiger partial charge in [-0.2, -0.15) is 0 Å². The molecule has 0 amide bonds. The Morgan fingerprint density at radius 1 is 1.00 bits per heavy atom. The van der Waals surface area contributed by atoms with Crippen LogP contribution in [0.2, 0.25) is 0 Å². The molecule has 0 fully saturated rings. The van der Waals surface area contributed by atoms with Crippen LogP contribution in [0.1, 0.15) is 10.4 Å². The Hall–Kier alpha value is -3.97. The van der Waals surface area contributed by atoms with Crippen LogP contribution >= 0.6 is 11.3 Å². The number of thiazole rings is 1. The van der Waals surface area contributed by atoms with Crippen LogP contribution < -0.4 is 15.1 Å². The first-order valence-corrected chi connectivity index (χ1v) is 10.2. The van der Waals surface area contributed by atoms with Crippen LogP contribution in [0.3, 0.4) is 0 Å². The number of fused-ring (bicyclic) bond motifs is 2. The fourth-order valence-electron chi connectivity index (χ4n) is 3.27. The van der Waals surface area contributed by atoms with Crippen LogP contribution in [0.5, 0.6) is 11.5 Å². The zero-order valence-corrected chi connectivity index (χ0v) is 17.1. The molecule has 0 aliphatic rings. The van der Waals surface area contributed by atoms with Crippen molar-refractivity contribution in [3.8, 4) is 22.1 Å². The first-order valence-electron chi connectivity index (χ1n) is 9.41. The van der Waals surface area contributed by atoms with Gasteiger partial charge >= 0.3 is 11.6 Å². The molecule has 6 nitrogen and oxygen atoms in total. The molecule has 0 saturated carbocycles. The molecule has 0 radical (unpaired) electrons. The maximum atomic E-state index is 12.6. The van der Waals surface area contributed by atoms with E-state index in [1.807, 2.05) is 24.3 Å². The summed E-state index contributed by atoms with van der Waals surface area (Å²) in [4.78, 5) is 29.7. The number of methoxy groups -OCH3 is 1. The van der Waals surface area contributed by atoms with E-state index in [0.717, 1.165) is 10.2 Å². The Balaban J connectivity index is 1.49. The molecule has 0 saturated heterocycles. The van der Waals surface area contributed by atoms with Crippen molar-refractivity contribution in [3.63, 3.8) is 0 Å². The van der Waals surface area contributed by atoms with Gasteiger partial charge in [0.1, 0.15) is 27.7 Å². The lowest BCUT2D eigenvalue weighted by Gasteiger charge is -2.08. The second kappa shape index (κ2) is 7.70. The summed E-state index contributed by atoms with van der Waals surface area (Å²) in [5.41, 5.74) is 1.35. The highest BCUT2D eigenvalue weighted by Gasteiger charge is 2.16. The minimum atomic E-state index is -0.565. The molecular weight excluding hydrogens is 414 g/mol. The molecule has 5 rings (SSSR count). The van der Waals surface area contributed by atoms with E-state index in [4.69, 9.17) is 13.9 Å². The SMILES string of the molecule is COc1ccccc1C(=O)Oc1ccc2cc(-c3nc4ccccc4s3)c(=O)oc2c1. The summed E-state index contributed by atoms with van der Waals surface area (Å²) < 4.78 is 17.2. The average molecular weight is 429 g/mol. The van der Waals surface area contributed by atoms with Gasteiger partial charge in [-0.25, -0.2) is 14.6 Å². The molecule has 0 N–H and O–H groups in total. The second-order valence-electron chi connectivity index (χ2n) is 6.72. The van der Waals surface area contributed by atoms with E-state index in [1.165, 1.54) is 24.5 Å². The molecule has 7 heteroatoms. The Morgan fingerprint density at radius 2 is 1.81 bits per heavy atom. The lowest BCUT2D eigenvalue weighted by atomic mass is 10.2. The lowest BCUT2D eigenvalue weighted by molar-refractivity contribution is 0.0731. The van der Waals surface area contributed by atoms with Crippen LogP contribution in [-0.4, -0.2) is 18.1 Å². The topological polar surface area (TPSA) is 78.6 Å². The Morgan fingerprint density at radius 3 is 2.65 bits per heavy atom. The third kappa shape index (κ3) is 3.55. The quantitative estimate of drug-likeness (QED) is 0.219. The number of rotatable bonds is 4. The minimum Gasteiger partial charge on any atom is -0.496 e. The van der Waals surface area contributed by atoms with E-state index in [-0.39, 0.29) is 5.75 Å². The molecule has 31 heavy (non-hydrogen) atoms. The summed E-state index contributed by atoms with van der Waals surface area (Å²) in [5, 5.41) is 1.30. The minimum absolute atomic E-state index is 0.263.